The Hall–Kier alpha value is -4.45. The highest BCUT2D eigenvalue weighted by molar-refractivity contribution is 5.95. The van der Waals surface area contributed by atoms with Gasteiger partial charge >= 0.3 is 23.9 Å². The maximum absolute atomic E-state index is 12.2. The van der Waals surface area contributed by atoms with Crippen molar-refractivity contribution in [2.45, 2.75) is 78.7 Å². The molecule has 44 heavy (non-hydrogen) atoms. The van der Waals surface area contributed by atoms with Crippen molar-refractivity contribution in [3.05, 3.63) is 53.6 Å². The molecule has 2 aromatic carbocycles. The van der Waals surface area contributed by atoms with Gasteiger partial charge in [0.15, 0.2) is 6.10 Å². The van der Waals surface area contributed by atoms with Crippen LogP contribution in [0.4, 0.5) is 0 Å². The van der Waals surface area contributed by atoms with Gasteiger partial charge < -0.3 is 34.1 Å². The summed E-state index contributed by atoms with van der Waals surface area (Å²) in [7, 11) is 1.55. The van der Waals surface area contributed by atoms with E-state index >= 15 is 0 Å². The third kappa shape index (κ3) is 8.56. The summed E-state index contributed by atoms with van der Waals surface area (Å²) in [6, 6.07) is 12.4. The van der Waals surface area contributed by atoms with Crippen molar-refractivity contribution in [1.29, 1.82) is 0 Å². The zero-order chi connectivity index (χ0) is 32.7. The Bertz CT molecular complexity index is 1390. The molecule has 3 rings (SSSR count). The third-order valence-corrected chi connectivity index (χ3v) is 7.13. The fourth-order valence-electron chi connectivity index (χ4n) is 5.26. The van der Waals surface area contributed by atoms with Gasteiger partial charge in [0, 0.05) is 33.4 Å². The smallest absolute Gasteiger partial charge is 0.303 e. The minimum atomic E-state index is -1.36. The molecule has 1 aliphatic heterocycles. The van der Waals surface area contributed by atoms with Crippen LogP contribution in [0.25, 0.3) is 11.1 Å². The minimum Gasteiger partial charge on any atom is -0.481 e. The number of rotatable bonds is 11. The first-order chi connectivity index (χ1) is 20.7. The first-order valence-corrected chi connectivity index (χ1v) is 14.2. The molecule has 6 atom stereocenters. The summed E-state index contributed by atoms with van der Waals surface area (Å²) in [6.45, 7) is 8.86. The molecule has 1 fully saturated rings. The molecule has 12 nitrogen and oxygen atoms in total. The molecular weight excluding hydrogens is 574 g/mol. The lowest BCUT2D eigenvalue weighted by Gasteiger charge is -2.47. The molecular formula is C32H39NO11. The van der Waals surface area contributed by atoms with Crippen LogP contribution in [0, 0.1) is 18.8 Å². The standard InChI is InChI=1S/C32H39NO11/c1-16(2)27(40-18(4)34)30-28(41-19(5)35)24(15-26(37)38)29(42-20(6)36)32(44-30)43-25-12-11-22(13-17(25)3)21-9-8-10-23(14-21)31(39)33-7/h8-14,16,24,27-30,32H,15H2,1-7H3,(H,33,39)(H,37,38)/t24-,27-,28+,29-,30+,32-/m0/s1. The van der Waals surface area contributed by atoms with E-state index in [4.69, 9.17) is 23.7 Å². The molecule has 1 amide bonds. The average molecular weight is 614 g/mol. The number of carboxylic acid groups (broad SMARTS) is 1. The van der Waals surface area contributed by atoms with E-state index < -0.39 is 66.9 Å². The Morgan fingerprint density at radius 2 is 1.55 bits per heavy atom. The maximum atomic E-state index is 12.2. The van der Waals surface area contributed by atoms with Crippen LogP contribution in [0.3, 0.4) is 0 Å². The average Bonchev–Trinajstić information content (AvgIpc) is 2.94. The zero-order valence-corrected chi connectivity index (χ0v) is 25.8. The molecule has 12 heteroatoms. The molecule has 1 saturated heterocycles. The van der Waals surface area contributed by atoms with Crippen molar-refractivity contribution in [1.82, 2.24) is 5.32 Å². The second kappa shape index (κ2) is 14.8. The van der Waals surface area contributed by atoms with E-state index in [1.165, 1.54) is 6.92 Å². The normalized spacial score (nSPS) is 22.0. The molecule has 2 aromatic rings. The highest BCUT2D eigenvalue weighted by Gasteiger charge is 2.55. The summed E-state index contributed by atoms with van der Waals surface area (Å²) in [5, 5.41) is 12.4. The van der Waals surface area contributed by atoms with Crippen molar-refractivity contribution in [2.75, 3.05) is 7.05 Å². The summed E-state index contributed by atoms with van der Waals surface area (Å²) in [4.78, 5) is 60.6. The van der Waals surface area contributed by atoms with Crippen LogP contribution in [0.15, 0.2) is 42.5 Å². The summed E-state index contributed by atoms with van der Waals surface area (Å²) in [6.07, 6.45) is -6.61. The van der Waals surface area contributed by atoms with Crippen molar-refractivity contribution < 1.29 is 52.8 Å². The fraction of sp³-hybridized carbons (Fsp3) is 0.469. The number of carbonyl (C=O) groups is 5. The van der Waals surface area contributed by atoms with E-state index in [0.717, 1.165) is 25.0 Å². The summed E-state index contributed by atoms with van der Waals surface area (Å²) < 4.78 is 29.2. The van der Waals surface area contributed by atoms with Gasteiger partial charge in [0.2, 0.25) is 6.29 Å². The number of hydrogen-bond donors (Lipinski definition) is 2. The number of ether oxygens (including phenoxy) is 5. The van der Waals surface area contributed by atoms with Crippen LogP contribution in [-0.4, -0.2) is 72.6 Å². The number of amides is 1. The molecule has 0 bridgehead atoms. The highest BCUT2D eigenvalue weighted by atomic mass is 16.7. The summed E-state index contributed by atoms with van der Waals surface area (Å²) in [5.74, 6) is -4.65. The van der Waals surface area contributed by atoms with Crippen molar-refractivity contribution in [2.24, 2.45) is 11.8 Å². The molecule has 2 N–H and O–H groups in total. The lowest BCUT2D eigenvalue weighted by atomic mass is 9.82. The lowest BCUT2D eigenvalue weighted by Crippen LogP contribution is -2.62. The van der Waals surface area contributed by atoms with Gasteiger partial charge in [-0.15, -0.1) is 0 Å². The largest absolute Gasteiger partial charge is 0.481 e. The Labute approximate surface area is 256 Å². The number of hydrogen-bond acceptors (Lipinski definition) is 10. The van der Waals surface area contributed by atoms with Gasteiger partial charge in [-0.1, -0.05) is 32.0 Å². The van der Waals surface area contributed by atoms with Gasteiger partial charge in [0.25, 0.3) is 5.91 Å². The molecule has 0 aromatic heterocycles. The van der Waals surface area contributed by atoms with Gasteiger partial charge in [0.05, 0.1) is 12.3 Å². The van der Waals surface area contributed by atoms with Crippen LogP contribution in [0.1, 0.15) is 57.0 Å². The van der Waals surface area contributed by atoms with E-state index in [-0.39, 0.29) is 11.8 Å². The molecule has 0 unspecified atom stereocenters. The molecule has 1 aliphatic rings. The first-order valence-electron chi connectivity index (χ1n) is 14.2. The van der Waals surface area contributed by atoms with Crippen LogP contribution in [-0.2, 0) is 38.1 Å². The number of benzene rings is 2. The maximum Gasteiger partial charge on any atom is 0.303 e. The molecule has 0 aliphatic carbocycles. The van der Waals surface area contributed by atoms with Crippen LogP contribution in [0.2, 0.25) is 0 Å². The van der Waals surface area contributed by atoms with E-state index in [1.54, 1.807) is 58.2 Å². The highest BCUT2D eigenvalue weighted by Crippen LogP contribution is 2.38. The number of esters is 3. The fourth-order valence-corrected chi connectivity index (χ4v) is 5.26. The molecule has 0 saturated carbocycles. The van der Waals surface area contributed by atoms with E-state index in [2.05, 4.69) is 5.32 Å². The van der Waals surface area contributed by atoms with Crippen molar-refractivity contribution >= 4 is 29.8 Å². The van der Waals surface area contributed by atoms with Gasteiger partial charge in [-0.25, -0.2) is 0 Å². The topological polar surface area (TPSA) is 164 Å². The van der Waals surface area contributed by atoms with Gasteiger partial charge in [-0.3, -0.25) is 24.0 Å². The Balaban J connectivity index is 2.07. The Kier molecular flexibility index (Phi) is 11.5. The second-order valence-electron chi connectivity index (χ2n) is 11.0. The number of nitrogens with one attached hydrogen (secondary N) is 1. The monoisotopic (exact) mass is 613 g/mol. The SMILES string of the molecule is CNC(=O)c1cccc(-c2ccc(O[C@H]3O[C@H]([C@@H](OC(C)=O)C(C)C)[C@H](OC(C)=O)[C@H](CC(=O)O)[C@@H]3OC(C)=O)c(C)c2)c1. The molecule has 238 valence electrons. The number of aryl methyl sites for hydroxylation is 1. The summed E-state index contributed by atoms with van der Waals surface area (Å²) >= 11 is 0. The van der Waals surface area contributed by atoms with Crippen LogP contribution in [0.5, 0.6) is 5.75 Å². The van der Waals surface area contributed by atoms with E-state index in [0.29, 0.717) is 16.9 Å². The predicted octanol–water partition coefficient (Wildman–Crippen LogP) is 3.67. The van der Waals surface area contributed by atoms with Crippen molar-refractivity contribution in [3.63, 3.8) is 0 Å². The number of aliphatic carboxylic acids is 1. The zero-order valence-electron chi connectivity index (χ0n) is 25.8. The molecule has 0 spiro atoms. The van der Waals surface area contributed by atoms with Crippen LogP contribution >= 0.6 is 0 Å². The minimum absolute atomic E-state index is 0.222. The van der Waals surface area contributed by atoms with E-state index in [1.807, 2.05) is 12.1 Å². The Morgan fingerprint density at radius 1 is 0.909 bits per heavy atom. The van der Waals surface area contributed by atoms with E-state index in [9.17, 15) is 29.1 Å². The lowest BCUT2D eigenvalue weighted by molar-refractivity contribution is -0.287. The molecule has 0 radical (unpaired) electrons. The Morgan fingerprint density at radius 3 is 2.09 bits per heavy atom. The molecule has 1 heterocycles. The predicted molar refractivity (Wildman–Crippen MR) is 157 cm³/mol. The second-order valence-corrected chi connectivity index (χ2v) is 11.0. The number of carbonyl (C=O) groups excluding carboxylic acids is 4. The van der Waals surface area contributed by atoms with Gasteiger partial charge in [-0.2, -0.15) is 0 Å². The first kappa shape index (κ1) is 34.0. The van der Waals surface area contributed by atoms with Crippen LogP contribution < -0.4 is 10.1 Å². The number of carboxylic acids is 1. The van der Waals surface area contributed by atoms with Gasteiger partial charge in [0.1, 0.15) is 24.1 Å². The third-order valence-electron chi connectivity index (χ3n) is 7.13. The van der Waals surface area contributed by atoms with Gasteiger partial charge in [-0.05, 0) is 53.8 Å². The van der Waals surface area contributed by atoms with Crippen molar-refractivity contribution in [3.8, 4) is 16.9 Å². The quantitative estimate of drug-likeness (QED) is 0.281. The summed E-state index contributed by atoms with van der Waals surface area (Å²) in [5.41, 5.74) is 2.74.